The fourth-order valence-electron chi connectivity index (χ4n) is 2.96. The molecule has 0 unspecified atom stereocenters. The number of benzene rings is 1. The molecular formula is C20H20N4O4S2. The van der Waals surface area contributed by atoms with Crippen molar-refractivity contribution in [3.8, 4) is 6.07 Å². The van der Waals surface area contributed by atoms with Crippen LogP contribution in [-0.2, 0) is 21.4 Å². The highest BCUT2D eigenvalue weighted by atomic mass is 32.2. The molecular weight excluding hydrogens is 424 g/mol. The van der Waals surface area contributed by atoms with Crippen molar-refractivity contribution in [3.05, 3.63) is 59.7 Å². The third-order valence-corrected chi connectivity index (χ3v) is 6.22. The van der Waals surface area contributed by atoms with Crippen LogP contribution in [-0.4, -0.2) is 48.5 Å². The maximum Gasteiger partial charge on any atom is 0.281 e. The number of amides is 1. The summed E-state index contributed by atoms with van der Waals surface area (Å²) in [5.74, 6) is 0.519. The predicted molar refractivity (Wildman–Crippen MR) is 116 cm³/mol. The highest BCUT2D eigenvalue weighted by Gasteiger charge is 2.37. The van der Waals surface area contributed by atoms with Crippen LogP contribution in [0.5, 0.6) is 0 Å². The van der Waals surface area contributed by atoms with Crippen molar-refractivity contribution < 1.29 is 17.6 Å². The summed E-state index contributed by atoms with van der Waals surface area (Å²) < 4.78 is 30.7. The Kier molecular flexibility index (Phi) is 6.36. The standard InChI is InChI=1S/C20H20N4O4S2/c1-22-18(19(25)24(20(22)29)15-7-4-3-5-8-15)13-16-9-10-17(28-16)14-23(12-6-11-21)30(2,26)27/h3-5,7-10,13H,6,12,14H2,1-2H3/b18-13-. The SMILES string of the molecule is CN1C(=S)N(c2ccccc2)C(=O)/C1=C/c1ccc(CN(CCC#N)S(C)(=O)=O)o1. The van der Waals surface area contributed by atoms with E-state index in [1.807, 2.05) is 24.3 Å². The average Bonchev–Trinajstić information content (AvgIpc) is 3.23. The molecule has 1 fully saturated rings. The lowest BCUT2D eigenvalue weighted by molar-refractivity contribution is -0.114. The first-order valence-corrected chi connectivity index (χ1v) is 11.3. The van der Waals surface area contributed by atoms with E-state index in [0.29, 0.717) is 28.0 Å². The van der Waals surface area contributed by atoms with Crippen LogP contribution in [0.4, 0.5) is 5.69 Å². The Balaban J connectivity index is 1.83. The molecule has 10 heteroatoms. The minimum absolute atomic E-state index is 0.00201. The first-order chi connectivity index (χ1) is 14.2. The molecule has 156 valence electrons. The molecule has 0 atom stereocenters. The first kappa shape index (κ1) is 21.7. The van der Waals surface area contributed by atoms with Gasteiger partial charge in [0.2, 0.25) is 10.0 Å². The van der Waals surface area contributed by atoms with Crippen molar-refractivity contribution in [2.45, 2.75) is 13.0 Å². The Morgan fingerprint density at radius 3 is 2.57 bits per heavy atom. The number of hydrogen-bond donors (Lipinski definition) is 0. The van der Waals surface area contributed by atoms with E-state index in [2.05, 4.69) is 0 Å². The van der Waals surface area contributed by atoms with E-state index in [-0.39, 0.29) is 25.4 Å². The molecule has 0 saturated carbocycles. The summed E-state index contributed by atoms with van der Waals surface area (Å²) in [7, 11) is -1.79. The molecule has 3 rings (SSSR count). The highest BCUT2D eigenvalue weighted by Crippen LogP contribution is 2.28. The minimum atomic E-state index is -3.49. The fourth-order valence-corrected chi connectivity index (χ4v) is 4.04. The third kappa shape index (κ3) is 4.59. The number of furan rings is 1. The van der Waals surface area contributed by atoms with E-state index in [0.717, 1.165) is 6.26 Å². The van der Waals surface area contributed by atoms with E-state index in [1.54, 1.807) is 42.3 Å². The van der Waals surface area contributed by atoms with E-state index in [1.165, 1.54) is 9.21 Å². The number of thiocarbonyl (C=S) groups is 1. The molecule has 1 aliphatic heterocycles. The lowest BCUT2D eigenvalue weighted by Gasteiger charge is -2.16. The van der Waals surface area contributed by atoms with Crippen LogP contribution in [0, 0.1) is 11.3 Å². The smallest absolute Gasteiger partial charge is 0.281 e. The summed E-state index contributed by atoms with van der Waals surface area (Å²) in [6.45, 7) is 0.0794. The van der Waals surface area contributed by atoms with E-state index in [9.17, 15) is 13.2 Å². The van der Waals surface area contributed by atoms with Crippen LogP contribution in [0.1, 0.15) is 17.9 Å². The number of rotatable bonds is 7. The van der Waals surface area contributed by atoms with Gasteiger partial charge in [0.25, 0.3) is 5.91 Å². The molecule has 2 heterocycles. The monoisotopic (exact) mass is 444 g/mol. The van der Waals surface area contributed by atoms with Crippen LogP contribution in [0.3, 0.4) is 0 Å². The zero-order chi connectivity index (χ0) is 21.9. The fraction of sp³-hybridized carbons (Fsp3) is 0.250. The summed E-state index contributed by atoms with van der Waals surface area (Å²) in [6.07, 6.45) is 2.74. The number of carbonyl (C=O) groups excluding carboxylic acids is 1. The second-order valence-corrected chi connectivity index (χ2v) is 9.00. The van der Waals surface area contributed by atoms with Crippen molar-refractivity contribution in [1.82, 2.24) is 9.21 Å². The molecule has 0 bridgehead atoms. The number of anilines is 1. The summed E-state index contributed by atoms with van der Waals surface area (Å²) in [6, 6.07) is 14.3. The lowest BCUT2D eigenvalue weighted by Crippen LogP contribution is -2.30. The highest BCUT2D eigenvalue weighted by molar-refractivity contribution is 7.88. The van der Waals surface area contributed by atoms with Gasteiger partial charge in [-0.05, 0) is 36.5 Å². The molecule has 0 N–H and O–H groups in total. The molecule has 1 aromatic heterocycles. The molecule has 30 heavy (non-hydrogen) atoms. The van der Waals surface area contributed by atoms with E-state index in [4.69, 9.17) is 21.9 Å². The van der Waals surface area contributed by atoms with Crippen molar-refractivity contribution >= 4 is 45.0 Å². The molecule has 1 aromatic carbocycles. The van der Waals surface area contributed by atoms with Crippen LogP contribution >= 0.6 is 12.2 Å². The molecule has 1 amide bonds. The van der Waals surface area contributed by atoms with Gasteiger partial charge in [-0.15, -0.1) is 0 Å². The lowest BCUT2D eigenvalue weighted by atomic mass is 10.2. The number of nitriles is 1. The largest absolute Gasteiger partial charge is 0.460 e. The van der Waals surface area contributed by atoms with E-state index < -0.39 is 10.0 Å². The summed E-state index contributed by atoms with van der Waals surface area (Å²) in [5.41, 5.74) is 1.01. The van der Waals surface area contributed by atoms with Gasteiger partial charge >= 0.3 is 0 Å². The Bertz CT molecular complexity index is 1130. The van der Waals surface area contributed by atoms with Crippen molar-refractivity contribution in [3.63, 3.8) is 0 Å². The second kappa shape index (κ2) is 8.79. The van der Waals surface area contributed by atoms with E-state index >= 15 is 0 Å². The zero-order valence-electron chi connectivity index (χ0n) is 16.5. The number of hydrogen-bond acceptors (Lipinski definition) is 6. The van der Waals surface area contributed by atoms with Crippen LogP contribution < -0.4 is 4.90 Å². The quantitative estimate of drug-likeness (QED) is 0.478. The summed E-state index contributed by atoms with van der Waals surface area (Å²) in [4.78, 5) is 16.0. The maximum atomic E-state index is 12.9. The Hall–Kier alpha value is -3.00. The number of sulfonamides is 1. The Labute approximate surface area is 180 Å². The number of likely N-dealkylation sites (N-methyl/N-ethyl adjacent to an activating group) is 1. The van der Waals surface area contributed by atoms with Crippen LogP contribution in [0.25, 0.3) is 6.08 Å². The summed E-state index contributed by atoms with van der Waals surface area (Å²) >= 11 is 5.42. The van der Waals surface area contributed by atoms with Gasteiger partial charge < -0.3 is 9.32 Å². The van der Waals surface area contributed by atoms with Gasteiger partial charge in [0.15, 0.2) is 5.11 Å². The summed E-state index contributed by atoms with van der Waals surface area (Å²) in [5, 5.41) is 9.08. The van der Waals surface area contributed by atoms with Gasteiger partial charge in [-0.2, -0.15) is 9.57 Å². The number of para-hydroxylation sites is 1. The second-order valence-electron chi connectivity index (χ2n) is 6.66. The molecule has 0 aliphatic carbocycles. The number of carbonyl (C=O) groups is 1. The van der Waals surface area contributed by atoms with Crippen molar-refractivity contribution in [2.75, 3.05) is 24.7 Å². The van der Waals surface area contributed by atoms with Gasteiger partial charge in [0.05, 0.1) is 24.6 Å². The molecule has 0 radical (unpaired) electrons. The first-order valence-electron chi connectivity index (χ1n) is 9.02. The third-order valence-electron chi connectivity index (χ3n) is 4.51. The molecule has 0 spiro atoms. The van der Waals surface area contributed by atoms with Gasteiger partial charge in [-0.3, -0.25) is 9.69 Å². The minimum Gasteiger partial charge on any atom is -0.460 e. The molecule has 8 nitrogen and oxygen atoms in total. The average molecular weight is 445 g/mol. The van der Waals surface area contributed by atoms with Gasteiger partial charge in [-0.25, -0.2) is 8.42 Å². The van der Waals surface area contributed by atoms with Gasteiger partial charge in [0, 0.05) is 26.1 Å². The van der Waals surface area contributed by atoms with Crippen molar-refractivity contribution in [2.24, 2.45) is 0 Å². The molecule has 1 saturated heterocycles. The molecule has 2 aromatic rings. The zero-order valence-corrected chi connectivity index (χ0v) is 18.1. The normalized spacial score (nSPS) is 16.0. The van der Waals surface area contributed by atoms with Crippen molar-refractivity contribution in [1.29, 1.82) is 5.26 Å². The Morgan fingerprint density at radius 1 is 1.23 bits per heavy atom. The van der Waals surface area contributed by atoms with Gasteiger partial charge in [-0.1, -0.05) is 18.2 Å². The predicted octanol–water partition coefficient (Wildman–Crippen LogP) is 2.56. The molecule has 1 aliphatic rings. The number of nitrogens with zero attached hydrogens (tertiary/aromatic N) is 4. The van der Waals surface area contributed by atoms with Gasteiger partial charge in [0.1, 0.15) is 17.2 Å². The van der Waals surface area contributed by atoms with Crippen LogP contribution in [0.2, 0.25) is 0 Å². The Morgan fingerprint density at radius 2 is 1.93 bits per heavy atom. The topological polar surface area (TPSA) is 97.9 Å². The maximum absolute atomic E-state index is 12.9. The van der Waals surface area contributed by atoms with Crippen LogP contribution in [0.15, 0.2) is 52.6 Å².